The van der Waals surface area contributed by atoms with E-state index in [0.717, 1.165) is 16.0 Å². The van der Waals surface area contributed by atoms with E-state index in [0.29, 0.717) is 23.4 Å². The van der Waals surface area contributed by atoms with Gasteiger partial charge < -0.3 is 10.6 Å². The van der Waals surface area contributed by atoms with E-state index in [2.05, 4.69) is 0 Å². The van der Waals surface area contributed by atoms with Crippen LogP contribution in [0.2, 0.25) is 0 Å². The summed E-state index contributed by atoms with van der Waals surface area (Å²) >= 11 is 1.30. The summed E-state index contributed by atoms with van der Waals surface area (Å²) < 4.78 is 54.6. The zero-order valence-corrected chi connectivity index (χ0v) is 17.0. The van der Waals surface area contributed by atoms with Crippen molar-refractivity contribution in [3.63, 3.8) is 0 Å². The fourth-order valence-electron chi connectivity index (χ4n) is 4.01. The van der Waals surface area contributed by atoms with Crippen LogP contribution in [0.4, 0.5) is 17.6 Å². The number of likely N-dealkylation sites (tertiary alicyclic amines) is 1. The van der Waals surface area contributed by atoms with Gasteiger partial charge in [-0.05, 0) is 48.9 Å². The van der Waals surface area contributed by atoms with Gasteiger partial charge in [0.15, 0.2) is 0 Å². The highest BCUT2D eigenvalue weighted by molar-refractivity contribution is 7.15. The molecule has 0 spiro atoms. The fourth-order valence-corrected chi connectivity index (χ4v) is 5.24. The molecule has 0 radical (unpaired) electrons. The van der Waals surface area contributed by atoms with Gasteiger partial charge in [-0.1, -0.05) is 12.1 Å². The molecule has 1 aliphatic carbocycles. The van der Waals surface area contributed by atoms with Gasteiger partial charge in [0.25, 0.3) is 0 Å². The molecule has 2 fully saturated rings. The van der Waals surface area contributed by atoms with Gasteiger partial charge >= 0.3 is 6.18 Å². The number of alkyl halides is 4. The summed E-state index contributed by atoms with van der Waals surface area (Å²) in [5.74, 6) is -0.732. The first-order valence-corrected chi connectivity index (χ1v) is 10.4. The topological polar surface area (TPSA) is 46.3 Å². The standard InChI is InChI=1S/C21H22F4N2OS/c1-10-11(2)19(29-18(10)7-26)14-4-3-12(5-17(14)21(23,24)25)15-6-16(15)20(28)27-8-13(22)9-27/h3-5,13,15-16H,6-9,26H2,1-2H3. The van der Waals surface area contributed by atoms with Crippen LogP contribution in [-0.4, -0.2) is 30.1 Å². The van der Waals surface area contributed by atoms with Crippen LogP contribution in [0.1, 0.15) is 39.5 Å². The quantitative estimate of drug-likeness (QED) is 0.715. The molecule has 3 nitrogen and oxygen atoms in total. The van der Waals surface area contributed by atoms with Crippen LogP contribution >= 0.6 is 11.3 Å². The minimum Gasteiger partial charge on any atom is -0.336 e. The third-order valence-electron chi connectivity index (χ3n) is 6.01. The van der Waals surface area contributed by atoms with Gasteiger partial charge in [0, 0.05) is 27.8 Å². The number of amides is 1. The highest BCUT2D eigenvalue weighted by Gasteiger charge is 2.48. The Kier molecular flexibility index (Phi) is 4.98. The molecular weight excluding hydrogens is 404 g/mol. The maximum atomic E-state index is 13.9. The van der Waals surface area contributed by atoms with E-state index < -0.39 is 17.9 Å². The number of carbonyl (C=O) groups is 1. The van der Waals surface area contributed by atoms with Gasteiger partial charge in [0.05, 0.1) is 18.7 Å². The lowest BCUT2D eigenvalue weighted by molar-refractivity contribution is -0.139. The average Bonchev–Trinajstić information content (AvgIpc) is 3.39. The predicted octanol–water partition coefficient (Wildman–Crippen LogP) is 4.79. The van der Waals surface area contributed by atoms with Crippen molar-refractivity contribution >= 4 is 17.2 Å². The van der Waals surface area contributed by atoms with Crippen molar-refractivity contribution in [2.75, 3.05) is 13.1 Å². The number of hydrogen-bond donors (Lipinski definition) is 1. The first kappa shape index (κ1) is 20.3. The lowest BCUT2D eigenvalue weighted by Gasteiger charge is -2.34. The van der Waals surface area contributed by atoms with Crippen LogP contribution in [0.3, 0.4) is 0 Å². The SMILES string of the molecule is Cc1c(CN)sc(-c2ccc(C3CC3C(=O)N3CC(F)C3)cc2C(F)(F)F)c1C. The zero-order chi connectivity index (χ0) is 21.1. The van der Waals surface area contributed by atoms with Crippen LogP contribution in [-0.2, 0) is 17.5 Å². The Balaban J connectivity index is 1.65. The molecule has 1 saturated carbocycles. The predicted molar refractivity (Wildman–Crippen MR) is 104 cm³/mol. The summed E-state index contributed by atoms with van der Waals surface area (Å²) in [6.45, 7) is 4.16. The summed E-state index contributed by atoms with van der Waals surface area (Å²) in [6, 6.07) is 4.38. The lowest BCUT2D eigenvalue weighted by atomic mass is 9.96. The third-order valence-corrected chi connectivity index (χ3v) is 7.46. The monoisotopic (exact) mass is 426 g/mol. The lowest BCUT2D eigenvalue weighted by Crippen LogP contribution is -2.52. The fraction of sp³-hybridized carbons (Fsp3) is 0.476. The van der Waals surface area contributed by atoms with Gasteiger partial charge in [-0.3, -0.25) is 4.79 Å². The second-order valence-electron chi connectivity index (χ2n) is 7.90. The van der Waals surface area contributed by atoms with Crippen molar-refractivity contribution in [3.05, 3.63) is 45.3 Å². The molecule has 2 aromatic rings. The Labute approximate surface area is 170 Å². The second-order valence-corrected chi connectivity index (χ2v) is 9.01. The number of hydrogen-bond acceptors (Lipinski definition) is 3. The molecule has 2 aliphatic rings. The molecule has 2 atom stereocenters. The van der Waals surface area contributed by atoms with E-state index in [9.17, 15) is 22.4 Å². The highest BCUT2D eigenvalue weighted by atomic mass is 32.1. The Hall–Kier alpha value is -1.93. The molecule has 156 valence electrons. The largest absolute Gasteiger partial charge is 0.417 e. The summed E-state index contributed by atoms with van der Waals surface area (Å²) in [5, 5.41) is 0. The molecule has 1 aliphatic heterocycles. The Morgan fingerprint density at radius 1 is 1.24 bits per heavy atom. The normalized spacial score (nSPS) is 22.0. The van der Waals surface area contributed by atoms with Crippen LogP contribution in [0.5, 0.6) is 0 Å². The third kappa shape index (κ3) is 3.57. The molecule has 2 N–H and O–H groups in total. The molecule has 1 saturated heterocycles. The Morgan fingerprint density at radius 2 is 1.93 bits per heavy atom. The smallest absolute Gasteiger partial charge is 0.336 e. The van der Waals surface area contributed by atoms with E-state index >= 15 is 0 Å². The van der Waals surface area contributed by atoms with Crippen LogP contribution in [0.25, 0.3) is 10.4 Å². The molecule has 29 heavy (non-hydrogen) atoms. The summed E-state index contributed by atoms with van der Waals surface area (Å²) in [6.07, 6.45) is -4.98. The first-order valence-electron chi connectivity index (χ1n) is 9.55. The van der Waals surface area contributed by atoms with Gasteiger partial charge in [-0.25, -0.2) is 4.39 Å². The number of carbonyl (C=O) groups excluding carboxylic acids is 1. The minimum atomic E-state index is -4.51. The molecule has 1 aromatic heterocycles. The number of rotatable bonds is 4. The zero-order valence-electron chi connectivity index (χ0n) is 16.1. The molecule has 1 amide bonds. The Bertz CT molecular complexity index is 962. The number of benzene rings is 1. The van der Waals surface area contributed by atoms with Gasteiger partial charge in [-0.15, -0.1) is 11.3 Å². The molecule has 4 rings (SSSR count). The van der Waals surface area contributed by atoms with E-state index in [4.69, 9.17) is 5.73 Å². The summed E-state index contributed by atoms with van der Waals surface area (Å²) in [7, 11) is 0. The van der Waals surface area contributed by atoms with Crippen LogP contribution in [0, 0.1) is 19.8 Å². The van der Waals surface area contributed by atoms with Crippen molar-refractivity contribution in [3.8, 4) is 10.4 Å². The minimum absolute atomic E-state index is 0.0925. The van der Waals surface area contributed by atoms with E-state index in [1.54, 1.807) is 6.07 Å². The van der Waals surface area contributed by atoms with E-state index in [1.807, 2.05) is 13.8 Å². The van der Waals surface area contributed by atoms with Crippen molar-refractivity contribution in [1.29, 1.82) is 0 Å². The number of halogens is 4. The summed E-state index contributed by atoms with van der Waals surface area (Å²) in [5.41, 5.74) is 7.45. The van der Waals surface area contributed by atoms with Crippen molar-refractivity contribution < 1.29 is 22.4 Å². The molecule has 0 bridgehead atoms. The highest BCUT2D eigenvalue weighted by Crippen LogP contribution is 2.51. The molecular formula is C21H22F4N2OS. The molecule has 2 unspecified atom stereocenters. The first-order chi connectivity index (χ1) is 13.6. The summed E-state index contributed by atoms with van der Waals surface area (Å²) in [4.78, 5) is 15.2. The maximum absolute atomic E-state index is 13.9. The number of nitrogens with two attached hydrogens (primary N) is 1. The van der Waals surface area contributed by atoms with E-state index in [1.165, 1.54) is 28.4 Å². The molecule has 2 heterocycles. The molecule has 1 aromatic carbocycles. The molecule has 8 heteroatoms. The number of nitrogens with zero attached hydrogens (tertiary/aromatic N) is 1. The van der Waals surface area contributed by atoms with Crippen molar-refractivity contribution in [2.24, 2.45) is 11.7 Å². The van der Waals surface area contributed by atoms with Crippen LogP contribution < -0.4 is 5.73 Å². The van der Waals surface area contributed by atoms with Gasteiger partial charge in [-0.2, -0.15) is 13.2 Å². The number of thiophene rings is 1. The maximum Gasteiger partial charge on any atom is 0.417 e. The van der Waals surface area contributed by atoms with E-state index in [-0.39, 0.29) is 36.4 Å². The Morgan fingerprint density at radius 3 is 2.48 bits per heavy atom. The van der Waals surface area contributed by atoms with Crippen molar-refractivity contribution in [2.45, 2.75) is 45.1 Å². The second kappa shape index (κ2) is 7.09. The average molecular weight is 426 g/mol. The van der Waals surface area contributed by atoms with Crippen molar-refractivity contribution in [1.82, 2.24) is 4.90 Å². The van der Waals surface area contributed by atoms with Gasteiger partial charge in [0.1, 0.15) is 6.17 Å². The van der Waals surface area contributed by atoms with Crippen LogP contribution in [0.15, 0.2) is 18.2 Å². The van der Waals surface area contributed by atoms with Gasteiger partial charge in [0.2, 0.25) is 5.91 Å².